The number of morpholine rings is 2. The van der Waals surface area contributed by atoms with Gasteiger partial charge in [0, 0.05) is 48.2 Å². The van der Waals surface area contributed by atoms with E-state index in [0.29, 0.717) is 73.7 Å². The molecule has 48 heavy (non-hydrogen) atoms. The molecule has 3 atom stereocenters. The average molecular weight is 656 g/mol. The predicted octanol–water partition coefficient (Wildman–Crippen LogP) is 3.99. The summed E-state index contributed by atoms with van der Waals surface area (Å²) in [5, 5.41) is 8.74. The number of amides is 3. The molecule has 4 saturated heterocycles. The second-order valence-corrected chi connectivity index (χ2v) is 13.1. The maximum atomic E-state index is 12.8. The van der Waals surface area contributed by atoms with Crippen molar-refractivity contribution in [2.45, 2.75) is 56.7 Å². The molecular formula is C35H45N9O4. The fourth-order valence-corrected chi connectivity index (χ4v) is 7.16. The molecule has 4 fully saturated rings. The minimum atomic E-state index is -0.378. The fraction of sp³-hybridized carbons (Fsp3) is 0.514. The standard InChI is InChI=1S/C35H45N9O4/c1-42-17-3-6-28(42)15-16-36-32(45)25-9-13-27(14-10-25)38-35(46)37-26-11-7-24(8-12-26)31-39-33(43-18-20-47-21-19-43)41-34(40-31)44-29-4-2-5-30(44)23-48-22-29/h7-14,28-30H,2-6,15-23H2,1H3,(H,36,45)(H2,37,38,46). The molecule has 2 aromatic carbocycles. The Morgan fingerprint density at radius 3 is 2.12 bits per heavy atom. The molecule has 254 valence electrons. The summed E-state index contributed by atoms with van der Waals surface area (Å²) in [5.41, 5.74) is 2.62. The Morgan fingerprint density at radius 2 is 1.46 bits per heavy atom. The Morgan fingerprint density at radius 1 is 0.792 bits per heavy atom. The van der Waals surface area contributed by atoms with Crippen LogP contribution in [0, 0.1) is 0 Å². The summed E-state index contributed by atoms with van der Waals surface area (Å²) in [4.78, 5) is 47.1. The van der Waals surface area contributed by atoms with Gasteiger partial charge in [-0.15, -0.1) is 0 Å². The summed E-state index contributed by atoms with van der Waals surface area (Å²) in [5.74, 6) is 1.84. The van der Waals surface area contributed by atoms with Crippen molar-refractivity contribution in [3.8, 4) is 11.4 Å². The van der Waals surface area contributed by atoms with E-state index in [2.05, 4.69) is 37.7 Å². The van der Waals surface area contributed by atoms with Gasteiger partial charge in [0.05, 0.1) is 38.5 Å². The Kier molecular flexibility index (Phi) is 9.96. The number of carbonyl (C=O) groups is 2. The number of urea groups is 1. The first-order valence-electron chi connectivity index (χ1n) is 17.2. The molecule has 0 saturated carbocycles. The van der Waals surface area contributed by atoms with E-state index in [-0.39, 0.29) is 24.0 Å². The van der Waals surface area contributed by atoms with Crippen LogP contribution in [0.1, 0.15) is 48.9 Å². The zero-order chi connectivity index (χ0) is 32.9. The maximum absolute atomic E-state index is 12.8. The lowest BCUT2D eigenvalue weighted by molar-refractivity contribution is 0.0452. The molecule has 0 radical (unpaired) electrons. The second-order valence-electron chi connectivity index (χ2n) is 13.1. The topological polar surface area (TPSA) is 137 Å². The van der Waals surface area contributed by atoms with Crippen molar-refractivity contribution in [2.75, 3.05) is 80.1 Å². The van der Waals surface area contributed by atoms with E-state index in [1.54, 1.807) is 24.3 Å². The lowest BCUT2D eigenvalue weighted by Gasteiger charge is -2.45. The van der Waals surface area contributed by atoms with Gasteiger partial charge in [-0.25, -0.2) is 4.79 Å². The number of carbonyl (C=O) groups excluding carboxylic acids is 2. The Labute approximate surface area is 281 Å². The van der Waals surface area contributed by atoms with Crippen molar-refractivity contribution < 1.29 is 19.1 Å². The molecular weight excluding hydrogens is 610 g/mol. The fourth-order valence-electron chi connectivity index (χ4n) is 7.16. The largest absolute Gasteiger partial charge is 0.378 e. The number of fused-ring (bicyclic) bond motifs is 2. The van der Waals surface area contributed by atoms with E-state index in [4.69, 9.17) is 24.4 Å². The van der Waals surface area contributed by atoms with Crippen molar-refractivity contribution in [2.24, 2.45) is 0 Å². The zero-order valence-corrected chi connectivity index (χ0v) is 27.6. The normalized spacial score (nSPS) is 22.7. The van der Waals surface area contributed by atoms with Crippen LogP contribution < -0.4 is 25.8 Å². The van der Waals surface area contributed by atoms with E-state index < -0.39 is 0 Å². The van der Waals surface area contributed by atoms with Crippen LogP contribution in [0.5, 0.6) is 0 Å². The number of hydrogen-bond acceptors (Lipinski definition) is 10. The smallest absolute Gasteiger partial charge is 0.323 e. The van der Waals surface area contributed by atoms with Gasteiger partial charge in [-0.3, -0.25) is 4.79 Å². The first kappa shape index (κ1) is 32.2. The van der Waals surface area contributed by atoms with E-state index in [1.807, 2.05) is 24.3 Å². The summed E-state index contributed by atoms with van der Waals surface area (Å²) in [6.45, 7) is 5.87. The van der Waals surface area contributed by atoms with E-state index in [1.165, 1.54) is 19.3 Å². The summed E-state index contributed by atoms with van der Waals surface area (Å²) >= 11 is 0. The van der Waals surface area contributed by atoms with Crippen molar-refractivity contribution in [3.63, 3.8) is 0 Å². The molecule has 3 aromatic rings. The molecule has 4 aliphatic heterocycles. The first-order chi connectivity index (χ1) is 23.5. The summed E-state index contributed by atoms with van der Waals surface area (Å²) in [7, 11) is 2.14. The highest BCUT2D eigenvalue weighted by atomic mass is 16.5. The molecule has 4 aliphatic rings. The van der Waals surface area contributed by atoms with Gasteiger partial charge in [0.1, 0.15) is 0 Å². The third-order valence-corrected chi connectivity index (χ3v) is 9.86. The number of rotatable bonds is 9. The van der Waals surface area contributed by atoms with Gasteiger partial charge in [-0.05, 0) is 101 Å². The molecule has 0 aliphatic carbocycles. The van der Waals surface area contributed by atoms with Crippen molar-refractivity contribution in [1.82, 2.24) is 25.2 Å². The molecule has 5 heterocycles. The third kappa shape index (κ3) is 7.53. The van der Waals surface area contributed by atoms with E-state index in [0.717, 1.165) is 44.5 Å². The van der Waals surface area contributed by atoms with Crippen LogP contribution in [0.4, 0.5) is 28.1 Å². The highest BCUT2D eigenvalue weighted by Gasteiger charge is 2.37. The van der Waals surface area contributed by atoms with Crippen LogP contribution in [0.15, 0.2) is 48.5 Å². The van der Waals surface area contributed by atoms with Gasteiger partial charge in [-0.2, -0.15) is 15.0 Å². The Bertz CT molecular complexity index is 1540. The van der Waals surface area contributed by atoms with Crippen molar-refractivity contribution >= 4 is 35.2 Å². The summed E-state index contributed by atoms with van der Waals surface area (Å²) < 4.78 is 11.5. The molecule has 13 heteroatoms. The highest BCUT2D eigenvalue weighted by Crippen LogP contribution is 2.33. The average Bonchev–Trinajstić information content (AvgIpc) is 3.52. The van der Waals surface area contributed by atoms with E-state index in [9.17, 15) is 9.59 Å². The first-order valence-corrected chi connectivity index (χ1v) is 17.2. The molecule has 3 unspecified atom stereocenters. The van der Waals surface area contributed by atoms with Crippen LogP contribution in [-0.4, -0.2) is 110 Å². The number of hydrogen-bond donors (Lipinski definition) is 3. The Balaban J connectivity index is 0.981. The van der Waals surface area contributed by atoms with Crippen LogP contribution in [0.3, 0.4) is 0 Å². The highest BCUT2D eigenvalue weighted by molar-refractivity contribution is 6.00. The molecule has 2 bridgehead atoms. The minimum Gasteiger partial charge on any atom is -0.378 e. The summed E-state index contributed by atoms with van der Waals surface area (Å²) in [6, 6.07) is 15.1. The quantitative estimate of drug-likeness (QED) is 0.310. The minimum absolute atomic E-state index is 0.109. The molecule has 7 rings (SSSR count). The van der Waals surface area contributed by atoms with Crippen molar-refractivity contribution in [3.05, 3.63) is 54.1 Å². The predicted molar refractivity (Wildman–Crippen MR) is 185 cm³/mol. The van der Waals surface area contributed by atoms with Gasteiger partial charge in [0.15, 0.2) is 5.82 Å². The van der Waals surface area contributed by atoms with Gasteiger partial charge < -0.3 is 40.1 Å². The van der Waals surface area contributed by atoms with Crippen LogP contribution in [0.25, 0.3) is 11.4 Å². The van der Waals surface area contributed by atoms with Crippen LogP contribution in [-0.2, 0) is 9.47 Å². The van der Waals surface area contributed by atoms with Crippen LogP contribution >= 0.6 is 0 Å². The number of nitrogens with zero attached hydrogens (tertiary/aromatic N) is 6. The number of benzene rings is 2. The number of piperidine rings is 1. The monoisotopic (exact) mass is 655 g/mol. The third-order valence-electron chi connectivity index (χ3n) is 9.86. The molecule has 1 aromatic heterocycles. The number of nitrogens with one attached hydrogen (secondary N) is 3. The number of anilines is 4. The number of aromatic nitrogens is 3. The molecule has 0 spiro atoms. The van der Waals surface area contributed by atoms with Gasteiger partial charge in [0.25, 0.3) is 5.91 Å². The molecule has 13 nitrogen and oxygen atoms in total. The molecule has 3 N–H and O–H groups in total. The zero-order valence-electron chi connectivity index (χ0n) is 27.6. The van der Waals surface area contributed by atoms with Gasteiger partial charge in [-0.1, -0.05) is 0 Å². The number of likely N-dealkylation sites (tertiary alicyclic amines) is 1. The second kappa shape index (κ2) is 14.8. The maximum Gasteiger partial charge on any atom is 0.323 e. The molecule has 3 amide bonds. The Hall–Kier alpha value is -4.33. The lowest BCUT2D eigenvalue weighted by atomic mass is 9.95. The summed E-state index contributed by atoms with van der Waals surface area (Å²) in [6.07, 6.45) is 6.66. The SMILES string of the molecule is CN1CCCC1CCNC(=O)c1ccc(NC(=O)Nc2ccc(-c3nc(N4CCOCC4)nc(N4C5CCCC4COC5)n3)cc2)cc1. The number of ether oxygens (including phenoxy) is 2. The van der Waals surface area contributed by atoms with E-state index >= 15 is 0 Å². The van der Waals surface area contributed by atoms with Gasteiger partial charge >= 0.3 is 6.03 Å². The lowest BCUT2D eigenvalue weighted by Crippen LogP contribution is -2.56. The van der Waals surface area contributed by atoms with Crippen LogP contribution in [0.2, 0.25) is 0 Å². The van der Waals surface area contributed by atoms with Gasteiger partial charge in [0.2, 0.25) is 11.9 Å². The van der Waals surface area contributed by atoms with Crippen molar-refractivity contribution in [1.29, 1.82) is 0 Å².